The number of benzene rings is 3. The second kappa shape index (κ2) is 15.8. The van der Waals surface area contributed by atoms with Crippen molar-refractivity contribution in [2.75, 3.05) is 7.11 Å². The molecule has 0 bridgehead atoms. The van der Waals surface area contributed by atoms with Crippen molar-refractivity contribution < 1.29 is 37.6 Å². The fourth-order valence-corrected chi connectivity index (χ4v) is 11.0. The van der Waals surface area contributed by atoms with Crippen molar-refractivity contribution in [2.24, 2.45) is 0 Å². The number of hydrogen-bond acceptors (Lipinski definition) is 8. The van der Waals surface area contributed by atoms with Gasteiger partial charge in [0.05, 0.1) is 0 Å². The fraction of sp³-hybridized carbons (Fsp3) is 0.541. The number of carbonyl (C=O) groups excluding carboxylic acids is 1. The summed E-state index contributed by atoms with van der Waals surface area (Å²) < 4.78 is 46.9. The number of hydrogen-bond donors (Lipinski definition) is 0. The van der Waals surface area contributed by atoms with Gasteiger partial charge in [-0.25, -0.2) is 0 Å². The predicted molar refractivity (Wildman–Crippen MR) is 200 cm³/mol. The van der Waals surface area contributed by atoms with E-state index in [-0.39, 0.29) is 47.0 Å². The minimum atomic E-state index is -2.19. The number of fused-ring (bicyclic) bond motifs is 1. The minimum absolute atomic E-state index is 0.00668. The van der Waals surface area contributed by atoms with E-state index in [0.717, 1.165) is 15.2 Å². The van der Waals surface area contributed by atoms with Crippen molar-refractivity contribution in [3.05, 3.63) is 72.8 Å². The summed E-state index contributed by atoms with van der Waals surface area (Å²) in [4.78, 5) is 12.2. The molecule has 3 aromatic carbocycles. The maximum absolute atomic E-state index is 12.5. The van der Waals surface area contributed by atoms with Crippen molar-refractivity contribution in [1.82, 2.24) is 0 Å². The zero-order valence-electron chi connectivity index (χ0n) is 29.3. The van der Waals surface area contributed by atoms with Crippen LogP contribution in [0.2, 0.25) is 22.9 Å². The summed E-state index contributed by atoms with van der Waals surface area (Å²) in [6, 6.07) is 24.5. The summed E-state index contributed by atoms with van der Waals surface area (Å²) in [6.45, 7) is 16.5. The molecule has 8 nitrogen and oxygen atoms in total. The number of rotatable bonds is 10. The Kier molecular flexibility index (Phi) is 12.4. The van der Waals surface area contributed by atoms with Gasteiger partial charge in [0.25, 0.3) is 0 Å². The van der Waals surface area contributed by atoms with Crippen LogP contribution in [0.3, 0.4) is 0 Å². The number of ether oxygens (including phenoxy) is 6. The van der Waals surface area contributed by atoms with E-state index in [1.165, 1.54) is 6.92 Å². The molecule has 2 aliphatic heterocycles. The SMILES string of the molecule is CO[C@@H]1[C@H](O[Si](C)(C)C(C)(C)C)[C@H](I)[C@@H](O[C@H]2[C@@H](OC(C)=O)[C@@H](C)O[C@@H](Oc3ccc4ccccc4c3)[C@@H]2[Se]c2ccccc2)O[C@@H]1C. The molecule has 2 aliphatic rings. The molecule has 3 aromatic rings. The molecule has 5 rings (SSSR count). The summed E-state index contributed by atoms with van der Waals surface area (Å²) >= 11 is 2.20. The Hall–Kier alpha value is -1.54. The van der Waals surface area contributed by atoms with E-state index < -0.39 is 45.2 Å². The summed E-state index contributed by atoms with van der Waals surface area (Å²) in [5, 5.41) is 2.21. The molecule has 0 amide bonds. The molecule has 2 fully saturated rings. The third-order valence-electron chi connectivity index (χ3n) is 9.53. The van der Waals surface area contributed by atoms with Gasteiger partial charge in [0.15, 0.2) is 0 Å². The molecule has 262 valence electrons. The molecular weight excluding hydrogens is 806 g/mol. The molecule has 2 saturated heterocycles. The monoisotopic (exact) mass is 856 g/mol. The Morgan fingerprint density at radius 2 is 1.46 bits per heavy atom. The molecule has 0 N–H and O–H groups in total. The normalized spacial score (nSPS) is 31.4. The first-order chi connectivity index (χ1) is 22.7. The van der Waals surface area contributed by atoms with Gasteiger partial charge in [-0.05, 0) is 0 Å². The Balaban J connectivity index is 1.51. The van der Waals surface area contributed by atoms with Gasteiger partial charge in [-0.15, -0.1) is 0 Å². The number of carbonyl (C=O) groups is 1. The van der Waals surface area contributed by atoms with E-state index in [0.29, 0.717) is 5.75 Å². The molecule has 2 heterocycles. The molecule has 0 aromatic heterocycles. The first kappa shape index (κ1) is 37.7. The van der Waals surface area contributed by atoms with Gasteiger partial charge in [-0.2, -0.15) is 0 Å². The average molecular weight is 856 g/mol. The van der Waals surface area contributed by atoms with E-state index in [9.17, 15) is 4.79 Å². The molecule has 10 atom stereocenters. The van der Waals surface area contributed by atoms with E-state index >= 15 is 0 Å². The van der Waals surface area contributed by atoms with Crippen LogP contribution in [0, 0.1) is 0 Å². The van der Waals surface area contributed by atoms with Crippen molar-refractivity contribution >= 4 is 67.1 Å². The van der Waals surface area contributed by atoms with Crippen molar-refractivity contribution in [2.45, 2.75) is 118 Å². The Morgan fingerprint density at radius 1 is 0.833 bits per heavy atom. The van der Waals surface area contributed by atoms with Crippen LogP contribution >= 0.6 is 22.6 Å². The summed E-state index contributed by atoms with van der Waals surface area (Å²) in [5.41, 5.74) is 0. The van der Waals surface area contributed by atoms with Gasteiger partial charge in [0.2, 0.25) is 0 Å². The number of esters is 1. The predicted octanol–water partition coefficient (Wildman–Crippen LogP) is 7.05. The van der Waals surface area contributed by atoms with Crippen LogP contribution in [0.5, 0.6) is 5.75 Å². The molecule has 0 radical (unpaired) electrons. The summed E-state index contributed by atoms with van der Waals surface area (Å²) in [6.07, 6.45) is -3.95. The molecule has 0 unspecified atom stereocenters. The van der Waals surface area contributed by atoms with Crippen LogP contribution in [-0.4, -0.2) is 89.5 Å². The van der Waals surface area contributed by atoms with Gasteiger partial charge >= 0.3 is 308 Å². The van der Waals surface area contributed by atoms with Gasteiger partial charge in [0, 0.05) is 0 Å². The topological polar surface area (TPSA) is 81.7 Å². The van der Waals surface area contributed by atoms with Crippen molar-refractivity contribution in [3.8, 4) is 5.75 Å². The van der Waals surface area contributed by atoms with Gasteiger partial charge in [0.1, 0.15) is 0 Å². The van der Waals surface area contributed by atoms with E-state index in [1.54, 1.807) is 7.11 Å². The van der Waals surface area contributed by atoms with Gasteiger partial charge in [-0.3, -0.25) is 0 Å². The molecular formula is C37H49IO8SeSi. The van der Waals surface area contributed by atoms with Crippen molar-refractivity contribution in [3.63, 3.8) is 0 Å². The number of alkyl halides is 1. The van der Waals surface area contributed by atoms with Crippen LogP contribution in [0.25, 0.3) is 10.8 Å². The zero-order chi connectivity index (χ0) is 34.8. The quantitative estimate of drug-likeness (QED) is 0.0930. The van der Waals surface area contributed by atoms with E-state index in [4.69, 9.17) is 32.8 Å². The third-order valence-corrected chi connectivity index (χ3v) is 18.0. The Labute approximate surface area is 306 Å². The Bertz CT molecular complexity index is 1520. The molecule has 0 saturated carbocycles. The summed E-state index contributed by atoms with van der Waals surface area (Å²) in [7, 11) is -0.481. The van der Waals surface area contributed by atoms with Crippen LogP contribution in [0.1, 0.15) is 41.5 Å². The third kappa shape index (κ3) is 8.66. The van der Waals surface area contributed by atoms with Gasteiger partial charge < -0.3 is 0 Å². The second-order valence-corrected chi connectivity index (χ2v) is 22.9. The molecule has 11 heteroatoms. The van der Waals surface area contributed by atoms with Gasteiger partial charge in [-0.1, -0.05) is 0 Å². The Morgan fingerprint density at radius 3 is 2.10 bits per heavy atom. The second-order valence-electron chi connectivity index (χ2n) is 14.1. The van der Waals surface area contributed by atoms with Crippen LogP contribution in [0.4, 0.5) is 0 Å². The zero-order valence-corrected chi connectivity index (χ0v) is 34.1. The van der Waals surface area contributed by atoms with Crippen molar-refractivity contribution in [1.29, 1.82) is 0 Å². The van der Waals surface area contributed by atoms with E-state index in [2.05, 4.69) is 86.8 Å². The molecule has 48 heavy (non-hydrogen) atoms. The molecule has 0 spiro atoms. The van der Waals surface area contributed by atoms with E-state index in [1.807, 2.05) is 56.3 Å². The van der Waals surface area contributed by atoms with Crippen LogP contribution < -0.4 is 9.20 Å². The first-order valence-electron chi connectivity index (χ1n) is 16.5. The summed E-state index contributed by atoms with van der Waals surface area (Å²) in [5.74, 6) is 0.302. The maximum atomic E-state index is 12.5. The van der Waals surface area contributed by atoms with Crippen LogP contribution in [0.15, 0.2) is 72.8 Å². The molecule has 0 aliphatic carbocycles. The number of methoxy groups -OCH3 is 1. The average Bonchev–Trinajstić information content (AvgIpc) is 3.02. The van der Waals surface area contributed by atoms with Crippen LogP contribution in [-0.2, 0) is 32.9 Å². The fourth-order valence-electron chi connectivity index (χ4n) is 5.94. The standard InChI is InChI=1S/C37H49IO8SeSi/c1-22-30(40-7)32(46-48(8,9)37(4,5)6)29(38)35(41-22)45-33-31(43-24(3)39)23(2)42-36(34(33)47-28-17-11-10-12-18-28)44-27-20-19-25-15-13-14-16-26(25)21-27/h10-23,29-36H,1-9H3/t22-,23-,29+,30+,31+,32-,33+,34-,35-,36+/m1/s1. The first-order valence-corrected chi connectivity index (χ1v) is 22.5. The number of halogens is 1.